The van der Waals surface area contributed by atoms with Gasteiger partial charge >= 0.3 is 0 Å². The van der Waals surface area contributed by atoms with Crippen LogP contribution in [0.3, 0.4) is 0 Å². The molecule has 0 radical (unpaired) electrons. The van der Waals surface area contributed by atoms with Gasteiger partial charge in [-0.2, -0.15) is 5.26 Å². The largest absolute Gasteiger partial charge is 0.310 e. The molecule has 1 rings (SSSR count). The Bertz CT molecular complexity index is 240. The Labute approximate surface area is 107 Å². The first-order valence-electron chi connectivity index (χ1n) is 7.38. The van der Waals surface area contributed by atoms with Crippen molar-refractivity contribution in [2.75, 3.05) is 0 Å². The molecule has 1 aliphatic carbocycles. The monoisotopic (exact) mass is 236 g/mol. The van der Waals surface area contributed by atoms with Crippen LogP contribution in [-0.2, 0) is 0 Å². The molecule has 2 heteroatoms. The Morgan fingerprint density at radius 2 is 1.82 bits per heavy atom. The first kappa shape index (κ1) is 14.5. The van der Waals surface area contributed by atoms with E-state index in [9.17, 15) is 5.26 Å². The summed E-state index contributed by atoms with van der Waals surface area (Å²) in [7, 11) is 0. The SMILES string of the molecule is CCC(CC)C(C)NC1CCCCCC1C#N. The van der Waals surface area contributed by atoms with E-state index in [4.69, 9.17) is 0 Å². The second kappa shape index (κ2) is 7.71. The summed E-state index contributed by atoms with van der Waals surface area (Å²) in [5.41, 5.74) is 0. The van der Waals surface area contributed by atoms with E-state index in [0.29, 0.717) is 12.1 Å². The van der Waals surface area contributed by atoms with E-state index in [0.717, 1.165) is 12.3 Å². The third-order valence-electron chi connectivity index (χ3n) is 4.41. The Morgan fingerprint density at radius 3 is 2.41 bits per heavy atom. The summed E-state index contributed by atoms with van der Waals surface area (Å²) in [5.74, 6) is 0.979. The summed E-state index contributed by atoms with van der Waals surface area (Å²) < 4.78 is 0. The number of nitriles is 1. The van der Waals surface area contributed by atoms with Crippen LogP contribution in [0.1, 0.15) is 65.7 Å². The molecule has 0 bridgehead atoms. The molecule has 0 aliphatic heterocycles. The molecular formula is C15H28N2. The number of rotatable bonds is 5. The van der Waals surface area contributed by atoms with Crippen LogP contribution < -0.4 is 5.32 Å². The van der Waals surface area contributed by atoms with Gasteiger partial charge in [0, 0.05) is 12.1 Å². The summed E-state index contributed by atoms with van der Waals surface area (Å²) in [6.45, 7) is 6.82. The molecule has 0 aromatic carbocycles. The second-order valence-corrected chi connectivity index (χ2v) is 5.51. The van der Waals surface area contributed by atoms with Crippen LogP contribution in [0, 0.1) is 23.2 Å². The summed E-state index contributed by atoms with van der Waals surface area (Å²) in [5, 5.41) is 13.0. The molecule has 3 unspecified atom stereocenters. The van der Waals surface area contributed by atoms with Crippen LogP contribution in [0.4, 0.5) is 0 Å². The molecule has 1 aliphatic rings. The van der Waals surface area contributed by atoms with Crippen molar-refractivity contribution in [3.05, 3.63) is 0 Å². The molecule has 3 atom stereocenters. The topological polar surface area (TPSA) is 35.8 Å². The van der Waals surface area contributed by atoms with Gasteiger partial charge in [0.15, 0.2) is 0 Å². The fourth-order valence-corrected chi connectivity index (χ4v) is 3.13. The standard InChI is InChI=1S/C15H28N2/c1-4-13(5-2)12(3)17-15-10-8-6-7-9-14(15)11-16/h12-15,17H,4-10H2,1-3H3. The van der Waals surface area contributed by atoms with Gasteiger partial charge in [0.05, 0.1) is 12.0 Å². The average Bonchev–Trinajstić information content (AvgIpc) is 2.55. The van der Waals surface area contributed by atoms with E-state index in [2.05, 4.69) is 32.2 Å². The van der Waals surface area contributed by atoms with E-state index < -0.39 is 0 Å². The van der Waals surface area contributed by atoms with Gasteiger partial charge in [0.1, 0.15) is 0 Å². The summed E-state index contributed by atoms with van der Waals surface area (Å²) in [6.07, 6.45) is 8.55. The lowest BCUT2D eigenvalue weighted by Gasteiger charge is -2.29. The Hall–Kier alpha value is -0.550. The van der Waals surface area contributed by atoms with Crippen molar-refractivity contribution < 1.29 is 0 Å². The van der Waals surface area contributed by atoms with Crippen molar-refractivity contribution in [3.8, 4) is 6.07 Å². The van der Waals surface area contributed by atoms with E-state index in [1.807, 2.05) is 0 Å². The minimum atomic E-state index is 0.231. The van der Waals surface area contributed by atoms with Gasteiger partial charge in [-0.05, 0) is 25.7 Å². The minimum absolute atomic E-state index is 0.231. The molecular weight excluding hydrogens is 208 g/mol. The number of hydrogen-bond donors (Lipinski definition) is 1. The minimum Gasteiger partial charge on any atom is -0.310 e. The van der Waals surface area contributed by atoms with E-state index in [1.165, 1.54) is 38.5 Å². The second-order valence-electron chi connectivity index (χ2n) is 5.51. The zero-order valence-electron chi connectivity index (χ0n) is 11.7. The fraction of sp³-hybridized carbons (Fsp3) is 0.933. The molecule has 1 saturated carbocycles. The van der Waals surface area contributed by atoms with Crippen molar-refractivity contribution in [2.45, 2.75) is 77.8 Å². The van der Waals surface area contributed by atoms with Gasteiger partial charge in [0.25, 0.3) is 0 Å². The highest BCUT2D eigenvalue weighted by Gasteiger charge is 2.26. The van der Waals surface area contributed by atoms with Gasteiger partial charge < -0.3 is 5.32 Å². The normalized spacial score (nSPS) is 27.5. The van der Waals surface area contributed by atoms with Gasteiger partial charge in [-0.3, -0.25) is 0 Å². The average molecular weight is 236 g/mol. The van der Waals surface area contributed by atoms with Crippen molar-refractivity contribution in [1.82, 2.24) is 5.32 Å². The molecule has 2 nitrogen and oxygen atoms in total. The Morgan fingerprint density at radius 1 is 1.18 bits per heavy atom. The van der Waals surface area contributed by atoms with Gasteiger partial charge in [-0.1, -0.05) is 46.0 Å². The maximum Gasteiger partial charge on any atom is 0.0672 e. The maximum absolute atomic E-state index is 9.26. The smallest absolute Gasteiger partial charge is 0.0672 e. The lowest BCUT2D eigenvalue weighted by molar-refractivity contribution is 0.284. The molecule has 1 N–H and O–H groups in total. The van der Waals surface area contributed by atoms with Gasteiger partial charge in [-0.25, -0.2) is 0 Å². The number of nitrogens with one attached hydrogen (secondary N) is 1. The molecule has 0 heterocycles. The van der Waals surface area contributed by atoms with E-state index >= 15 is 0 Å². The first-order valence-corrected chi connectivity index (χ1v) is 7.38. The Kier molecular flexibility index (Phi) is 6.58. The van der Waals surface area contributed by atoms with E-state index in [1.54, 1.807) is 0 Å². The molecule has 0 amide bonds. The van der Waals surface area contributed by atoms with Crippen molar-refractivity contribution >= 4 is 0 Å². The lowest BCUT2D eigenvalue weighted by Crippen LogP contribution is -2.44. The fourth-order valence-electron chi connectivity index (χ4n) is 3.13. The van der Waals surface area contributed by atoms with Crippen molar-refractivity contribution in [1.29, 1.82) is 5.26 Å². The van der Waals surface area contributed by atoms with Crippen molar-refractivity contribution in [2.24, 2.45) is 11.8 Å². The molecule has 17 heavy (non-hydrogen) atoms. The van der Waals surface area contributed by atoms with Gasteiger partial charge in [0.2, 0.25) is 0 Å². The van der Waals surface area contributed by atoms with Crippen LogP contribution in [0.2, 0.25) is 0 Å². The zero-order valence-corrected chi connectivity index (χ0v) is 11.7. The molecule has 0 aromatic heterocycles. The van der Waals surface area contributed by atoms with E-state index in [-0.39, 0.29) is 5.92 Å². The highest BCUT2D eigenvalue weighted by Crippen LogP contribution is 2.24. The van der Waals surface area contributed by atoms with Crippen LogP contribution >= 0.6 is 0 Å². The quantitative estimate of drug-likeness (QED) is 0.735. The molecule has 1 fully saturated rings. The van der Waals surface area contributed by atoms with Crippen LogP contribution in [-0.4, -0.2) is 12.1 Å². The summed E-state index contributed by atoms with van der Waals surface area (Å²) in [4.78, 5) is 0. The molecule has 0 saturated heterocycles. The van der Waals surface area contributed by atoms with Crippen LogP contribution in [0.5, 0.6) is 0 Å². The van der Waals surface area contributed by atoms with Crippen LogP contribution in [0.25, 0.3) is 0 Å². The van der Waals surface area contributed by atoms with Gasteiger partial charge in [-0.15, -0.1) is 0 Å². The molecule has 0 spiro atoms. The predicted octanol–water partition coefficient (Wildman–Crippen LogP) is 3.87. The molecule has 98 valence electrons. The summed E-state index contributed by atoms with van der Waals surface area (Å²) in [6, 6.07) is 3.49. The zero-order chi connectivity index (χ0) is 12.7. The summed E-state index contributed by atoms with van der Waals surface area (Å²) >= 11 is 0. The van der Waals surface area contributed by atoms with Crippen LogP contribution in [0.15, 0.2) is 0 Å². The van der Waals surface area contributed by atoms with Crippen molar-refractivity contribution in [3.63, 3.8) is 0 Å². The lowest BCUT2D eigenvalue weighted by atomic mass is 9.91. The Balaban J connectivity index is 2.54. The highest BCUT2D eigenvalue weighted by molar-refractivity contribution is 4.94. The first-order chi connectivity index (χ1) is 8.22. The third-order valence-corrected chi connectivity index (χ3v) is 4.41. The molecule has 0 aromatic rings. The predicted molar refractivity (Wildman–Crippen MR) is 72.6 cm³/mol. The highest BCUT2D eigenvalue weighted by atomic mass is 15.0. The maximum atomic E-state index is 9.26. The number of hydrogen-bond acceptors (Lipinski definition) is 2. The third kappa shape index (κ3) is 4.32. The number of nitrogens with zero attached hydrogens (tertiary/aromatic N) is 1.